The van der Waals surface area contributed by atoms with Crippen molar-refractivity contribution in [3.05, 3.63) is 58.9 Å². The number of halogens is 1. The fraction of sp³-hybridized carbons (Fsp3) is 0.312. The highest BCUT2D eigenvalue weighted by molar-refractivity contribution is 6.31. The van der Waals surface area contributed by atoms with Crippen molar-refractivity contribution in [3.63, 3.8) is 0 Å². The first-order valence-corrected chi connectivity index (χ1v) is 7.04. The maximum absolute atomic E-state index is 6.24. The molecule has 1 heterocycles. The van der Waals surface area contributed by atoms with Gasteiger partial charge in [-0.25, -0.2) is 0 Å². The van der Waals surface area contributed by atoms with Crippen molar-refractivity contribution in [3.8, 4) is 5.75 Å². The van der Waals surface area contributed by atoms with Gasteiger partial charge in [0.25, 0.3) is 0 Å². The van der Waals surface area contributed by atoms with Crippen LogP contribution in [0.4, 0.5) is 0 Å². The maximum Gasteiger partial charge on any atom is 0.138 e. The van der Waals surface area contributed by atoms with Crippen LogP contribution in [0.3, 0.4) is 0 Å². The number of nitrogens with zero attached hydrogens (tertiary/aromatic N) is 1. The average Bonchev–Trinajstić information content (AvgIpc) is 2.41. The number of nitrogens with two attached hydrogens (primary N) is 1. The lowest BCUT2D eigenvalue weighted by atomic mass is 10.0. The Morgan fingerprint density at radius 2 is 2.00 bits per heavy atom. The van der Waals surface area contributed by atoms with Crippen molar-refractivity contribution in [2.45, 2.75) is 32.4 Å². The highest BCUT2D eigenvalue weighted by Crippen LogP contribution is 2.23. The van der Waals surface area contributed by atoms with Crippen LogP contribution in [0.2, 0.25) is 5.02 Å². The highest BCUT2D eigenvalue weighted by Gasteiger charge is 2.11. The Balaban J connectivity index is 2.13. The predicted octanol–water partition coefficient (Wildman–Crippen LogP) is 3.76. The number of ether oxygens (including phenoxy) is 1. The van der Waals surface area contributed by atoms with E-state index in [9.17, 15) is 0 Å². The summed E-state index contributed by atoms with van der Waals surface area (Å²) < 4.78 is 5.63. The largest absolute Gasteiger partial charge is 0.489 e. The standard InChI is InChI=1S/C16H19ClN2O/c1-11(2)20-14-7-13(9-19-10-14)16(18)8-12-5-3-4-6-15(12)17/h3-7,9-11,16H,8,18H2,1-2H3. The Morgan fingerprint density at radius 1 is 1.25 bits per heavy atom. The lowest BCUT2D eigenvalue weighted by Gasteiger charge is -2.15. The van der Waals surface area contributed by atoms with Crippen LogP contribution in [0.5, 0.6) is 5.75 Å². The molecule has 1 aromatic heterocycles. The summed E-state index contributed by atoms with van der Waals surface area (Å²) in [6, 6.07) is 9.53. The molecule has 3 nitrogen and oxygen atoms in total. The second-order valence-corrected chi connectivity index (χ2v) is 5.43. The molecule has 106 valence electrons. The van der Waals surface area contributed by atoms with Gasteiger partial charge in [0.05, 0.1) is 12.3 Å². The number of pyridine rings is 1. The molecule has 0 fully saturated rings. The smallest absolute Gasteiger partial charge is 0.138 e. The number of hydrogen-bond donors (Lipinski definition) is 1. The second-order valence-electron chi connectivity index (χ2n) is 5.02. The Labute approximate surface area is 124 Å². The second kappa shape index (κ2) is 6.73. The third-order valence-corrected chi connectivity index (χ3v) is 3.30. The van der Waals surface area contributed by atoms with Gasteiger partial charge in [0.15, 0.2) is 0 Å². The molecule has 2 rings (SSSR count). The molecule has 0 saturated carbocycles. The molecule has 0 aliphatic heterocycles. The van der Waals surface area contributed by atoms with E-state index in [1.807, 2.05) is 44.2 Å². The van der Waals surface area contributed by atoms with Crippen LogP contribution < -0.4 is 10.5 Å². The molecule has 0 saturated heterocycles. The number of aromatic nitrogens is 1. The summed E-state index contributed by atoms with van der Waals surface area (Å²) in [5.41, 5.74) is 8.23. The predicted molar refractivity (Wildman–Crippen MR) is 82.1 cm³/mol. The molecule has 0 radical (unpaired) electrons. The summed E-state index contributed by atoms with van der Waals surface area (Å²) >= 11 is 6.16. The van der Waals surface area contributed by atoms with E-state index in [-0.39, 0.29) is 12.1 Å². The molecule has 0 aliphatic carbocycles. The molecule has 2 N–H and O–H groups in total. The summed E-state index contributed by atoms with van der Waals surface area (Å²) in [7, 11) is 0. The van der Waals surface area contributed by atoms with Crippen molar-refractivity contribution in [1.29, 1.82) is 0 Å². The lowest BCUT2D eigenvalue weighted by molar-refractivity contribution is 0.241. The molecule has 4 heteroatoms. The van der Waals surface area contributed by atoms with E-state index < -0.39 is 0 Å². The number of benzene rings is 1. The molecule has 2 aromatic rings. The zero-order valence-corrected chi connectivity index (χ0v) is 12.5. The van der Waals surface area contributed by atoms with Crippen LogP contribution in [0.15, 0.2) is 42.7 Å². The molecule has 1 unspecified atom stereocenters. The minimum atomic E-state index is -0.155. The molecule has 0 aliphatic rings. The van der Waals surface area contributed by atoms with E-state index in [0.717, 1.165) is 21.9 Å². The van der Waals surface area contributed by atoms with Gasteiger partial charge >= 0.3 is 0 Å². The van der Waals surface area contributed by atoms with Gasteiger partial charge in [-0.15, -0.1) is 0 Å². The van der Waals surface area contributed by atoms with Crippen molar-refractivity contribution in [2.75, 3.05) is 0 Å². The first-order chi connectivity index (χ1) is 9.56. The zero-order valence-electron chi connectivity index (χ0n) is 11.7. The van der Waals surface area contributed by atoms with Gasteiger partial charge in [0.2, 0.25) is 0 Å². The molecule has 0 amide bonds. The fourth-order valence-corrected chi connectivity index (χ4v) is 2.21. The van der Waals surface area contributed by atoms with E-state index in [0.29, 0.717) is 6.42 Å². The minimum absolute atomic E-state index is 0.117. The summed E-state index contributed by atoms with van der Waals surface area (Å²) in [4.78, 5) is 4.18. The summed E-state index contributed by atoms with van der Waals surface area (Å²) in [6.45, 7) is 3.96. The van der Waals surface area contributed by atoms with Crippen molar-refractivity contribution in [2.24, 2.45) is 5.73 Å². The average molecular weight is 291 g/mol. The molecular formula is C16H19ClN2O. The monoisotopic (exact) mass is 290 g/mol. The van der Waals surface area contributed by atoms with Gasteiger partial charge in [-0.05, 0) is 43.5 Å². The van der Waals surface area contributed by atoms with E-state index in [1.165, 1.54) is 0 Å². The zero-order chi connectivity index (χ0) is 14.5. The van der Waals surface area contributed by atoms with Crippen LogP contribution in [0.1, 0.15) is 31.0 Å². The Bertz CT molecular complexity index is 572. The summed E-state index contributed by atoms with van der Waals surface area (Å²) in [5.74, 6) is 0.743. The molecular weight excluding hydrogens is 272 g/mol. The molecule has 1 atom stereocenters. The highest BCUT2D eigenvalue weighted by atomic mass is 35.5. The van der Waals surface area contributed by atoms with E-state index in [2.05, 4.69) is 4.98 Å². The summed E-state index contributed by atoms with van der Waals surface area (Å²) in [5, 5.41) is 0.741. The molecule has 1 aromatic carbocycles. The topological polar surface area (TPSA) is 48.1 Å². The minimum Gasteiger partial charge on any atom is -0.489 e. The Morgan fingerprint density at radius 3 is 2.70 bits per heavy atom. The first kappa shape index (κ1) is 14.8. The van der Waals surface area contributed by atoms with Gasteiger partial charge < -0.3 is 10.5 Å². The van der Waals surface area contributed by atoms with Crippen LogP contribution in [0, 0.1) is 0 Å². The van der Waals surface area contributed by atoms with Gasteiger partial charge in [-0.2, -0.15) is 0 Å². The van der Waals surface area contributed by atoms with Crippen LogP contribution >= 0.6 is 11.6 Å². The maximum atomic E-state index is 6.24. The normalized spacial score (nSPS) is 12.4. The van der Waals surface area contributed by atoms with Crippen molar-refractivity contribution >= 4 is 11.6 Å². The number of hydrogen-bond acceptors (Lipinski definition) is 3. The molecule has 20 heavy (non-hydrogen) atoms. The van der Waals surface area contributed by atoms with E-state index in [4.69, 9.17) is 22.1 Å². The van der Waals surface area contributed by atoms with E-state index in [1.54, 1.807) is 12.4 Å². The Kier molecular flexibility index (Phi) is 4.99. The third-order valence-electron chi connectivity index (χ3n) is 2.93. The fourth-order valence-electron chi connectivity index (χ4n) is 1.99. The molecule has 0 spiro atoms. The van der Waals surface area contributed by atoms with Crippen LogP contribution in [-0.2, 0) is 6.42 Å². The number of rotatable bonds is 5. The van der Waals surface area contributed by atoms with E-state index >= 15 is 0 Å². The Hall–Kier alpha value is -1.58. The van der Waals surface area contributed by atoms with Gasteiger partial charge in [-0.3, -0.25) is 4.98 Å². The third kappa shape index (κ3) is 3.95. The van der Waals surface area contributed by atoms with Crippen molar-refractivity contribution < 1.29 is 4.74 Å². The van der Waals surface area contributed by atoms with Gasteiger partial charge in [0.1, 0.15) is 5.75 Å². The van der Waals surface area contributed by atoms with Gasteiger partial charge in [-0.1, -0.05) is 29.8 Å². The first-order valence-electron chi connectivity index (χ1n) is 6.67. The van der Waals surface area contributed by atoms with Gasteiger partial charge in [0, 0.05) is 17.3 Å². The van der Waals surface area contributed by atoms with Crippen LogP contribution in [0.25, 0.3) is 0 Å². The summed E-state index contributed by atoms with van der Waals surface area (Å²) in [6.07, 6.45) is 4.26. The quantitative estimate of drug-likeness (QED) is 0.912. The lowest BCUT2D eigenvalue weighted by Crippen LogP contribution is -2.14. The van der Waals surface area contributed by atoms with Crippen molar-refractivity contribution in [1.82, 2.24) is 4.98 Å². The SMILES string of the molecule is CC(C)Oc1cncc(C(N)Cc2ccccc2Cl)c1. The van der Waals surface area contributed by atoms with Crippen LogP contribution in [-0.4, -0.2) is 11.1 Å². The molecule has 0 bridgehead atoms.